The molecule has 24 heavy (non-hydrogen) atoms. The van der Waals surface area contributed by atoms with Crippen molar-refractivity contribution in [3.05, 3.63) is 24.3 Å². The minimum absolute atomic E-state index is 0.0344. The van der Waals surface area contributed by atoms with Crippen molar-refractivity contribution < 1.29 is 27.5 Å². The van der Waals surface area contributed by atoms with E-state index in [-0.39, 0.29) is 29.1 Å². The first-order valence-electron chi connectivity index (χ1n) is 7.29. The Balaban J connectivity index is 1.68. The fraction of sp³-hybridized carbons (Fsp3) is 0.467. The molecule has 2 rings (SSSR count). The van der Waals surface area contributed by atoms with Gasteiger partial charge in [-0.25, -0.2) is 8.42 Å². The summed E-state index contributed by atoms with van der Waals surface area (Å²) in [4.78, 5) is 23.4. The number of thioether (sulfide) groups is 1. The number of rotatable bonds is 7. The van der Waals surface area contributed by atoms with Gasteiger partial charge in [-0.3, -0.25) is 9.59 Å². The lowest BCUT2D eigenvalue weighted by Crippen LogP contribution is -2.22. The number of hydrogen-bond donors (Lipinski definition) is 1. The van der Waals surface area contributed by atoms with E-state index in [9.17, 15) is 18.0 Å². The summed E-state index contributed by atoms with van der Waals surface area (Å²) in [7, 11) is -1.43. The first-order valence-corrected chi connectivity index (χ1v) is 10.2. The summed E-state index contributed by atoms with van der Waals surface area (Å²) >= 11 is 1.25. The van der Waals surface area contributed by atoms with Gasteiger partial charge < -0.3 is 14.8 Å². The molecule has 132 valence electrons. The molecule has 0 radical (unpaired) electrons. The molecule has 1 amide bonds. The van der Waals surface area contributed by atoms with Crippen LogP contribution in [-0.2, 0) is 24.2 Å². The molecule has 1 aromatic rings. The van der Waals surface area contributed by atoms with Crippen LogP contribution in [0.5, 0.6) is 5.75 Å². The molecule has 1 fully saturated rings. The summed E-state index contributed by atoms with van der Waals surface area (Å²) < 4.78 is 32.6. The second kappa shape index (κ2) is 8.39. The Hall–Kier alpha value is -1.74. The number of nitrogens with one attached hydrogen (secondary N) is 1. The van der Waals surface area contributed by atoms with E-state index < -0.39 is 21.7 Å². The van der Waals surface area contributed by atoms with Crippen LogP contribution < -0.4 is 10.1 Å². The normalized spacial score (nSPS) is 18.8. The van der Waals surface area contributed by atoms with Crippen LogP contribution in [0.4, 0.5) is 5.69 Å². The van der Waals surface area contributed by atoms with E-state index in [4.69, 9.17) is 9.47 Å². The highest BCUT2D eigenvalue weighted by molar-refractivity contribution is 8.02. The Labute approximate surface area is 145 Å². The molecule has 0 unspecified atom stereocenters. The predicted octanol–water partition coefficient (Wildman–Crippen LogP) is 1.10. The van der Waals surface area contributed by atoms with Crippen molar-refractivity contribution in [2.75, 3.05) is 36.3 Å². The molecule has 1 aromatic carbocycles. The van der Waals surface area contributed by atoms with Gasteiger partial charge in [0.15, 0.2) is 16.4 Å². The van der Waals surface area contributed by atoms with Gasteiger partial charge >= 0.3 is 5.97 Å². The third kappa shape index (κ3) is 6.04. The van der Waals surface area contributed by atoms with Crippen molar-refractivity contribution >= 4 is 39.2 Å². The van der Waals surface area contributed by atoms with E-state index in [0.717, 1.165) is 0 Å². The monoisotopic (exact) mass is 373 g/mol. The van der Waals surface area contributed by atoms with Crippen LogP contribution in [0.3, 0.4) is 0 Å². The van der Waals surface area contributed by atoms with Crippen LogP contribution in [0.15, 0.2) is 24.3 Å². The number of methoxy groups -OCH3 is 1. The Morgan fingerprint density at radius 2 is 2.17 bits per heavy atom. The third-order valence-electron chi connectivity index (χ3n) is 3.35. The number of carbonyl (C=O) groups excluding carboxylic acids is 2. The number of hydrogen-bond acceptors (Lipinski definition) is 7. The minimum Gasteiger partial charge on any atom is -0.497 e. The first kappa shape index (κ1) is 18.6. The Morgan fingerprint density at radius 3 is 2.83 bits per heavy atom. The lowest BCUT2D eigenvalue weighted by Gasteiger charge is -2.09. The minimum atomic E-state index is -2.96. The summed E-state index contributed by atoms with van der Waals surface area (Å²) in [5.74, 6) is -0.0841. The summed E-state index contributed by atoms with van der Waals surface area (Å²) in [6.45, 7) is -0.389. The van der Waals surface area contributed by atoms with Crippen LogP contribution in [0.1, 0.15) is 6.42 Å². The fourth-order valence-electron chi connectivity index (χ4n) is 2.16. The lowest BCUT2D eigenvalue weighted by atomic mass is 10.3. The maximum absolute atomic E-state index is 11.7. The van der Waals surface area contributed by atoms with Gasteiger partial charge in [0.25, 0.3) is 5.91 Å². The van der Waals surface area contributed by atoms with Crippen molar-refractivity contribution in [3.63, 3.8) is 0 Å². The molecule has 1 aliphatic rings. The molecule has 9 heteroatoms. The quantitative estimate of drug-likeness (QED) is 0.715. The van der Waals surface area contributed by atoms with Crippen LogP contribution in [0.2, 0.25) is 0 Å². The van der Waals surface area contributed by atoms with Gasteiger partial charge in [-0.05, 0) is 18.6 Å². The summed E-state index contributed by atoms with van der Waals surface area (Å²) in [5.41, 5.74) is 0.543. The highest BCUT2D eigenvalue weighted by atomic mass is 32.2. The molecule has 1 aliphatic heterocycles. The summed E-state index contributed by atoms with van der Waals surface area (Å²) in [5, 5.41) is 2.52. The van der Waals surface area contributed by atoms with Crippen molar-refractivity contribution in [1.29, 1.82) is 0 Å². The third-order valence-corrected chi connectivity index (χ3v) is 6.60. The van der Waals surface area contributed by atoms with Gasteiger partial charge in [0.2, 0.25) is 0 Å². The lowest BCUT2D eigenvalue weighted by molar-refractivity contribution is -0.144. The molecule has 1 atom stereocenters. The zero-order chi connectivity index (χ0) is 17.6. The van der Waals surface area contributed by atoms with Crippen molar-refractivity contribution in [1.82, 2.24) is 0 Å². The van der Waals surface area contributed by atoms with E-state index in [1.165, 1.54) is 18.9 Å². The molecule has 1 N–H and O–H groups in total. The van der Waals surface area contributed by atoms with Crippen LogP contribution in [-0.4, -0.2) is 56.5 Å². The summed E-state index contributed by atoms with van der Waals surface area (Å²) in [6, 6.07) is 6.82. The molecule has 1 saturated heterocycles. The largest absolute Gasteiger partial charge is 0.497 e. The highest BCUT2D eigenvalue weighted by Crippen LogP contribution is 2.24. The Bertz CT molecular complexity index is 704. The number of esters is 1. The van der Waals surface area contributed by atoms with Crippen LogP contribution >= 0.6 is 11.8 Å². The van der Waals surface area contributed by atoms with Gasteiger partial charge in [0, 0.05) is 17.0 Å². The van der Waals surface area contributed by atoms with Gasteiger partial charge in [-0.1, -0.05) is 6.07 Å². The zero-order valence-corrected chi connectivity index (χ0v) is 14.8. The smallest absolute Gasteiger partial charge is 0.316 e. The number of anilines is 1. The van der Waals surface area contributed by atoms with Gasteiger partial charge in [-0.15, -0.1) is 11.8 Å². The second-order valence-corrected chi connectivity index (χ2v) is 8.79. The topological polar surface area (TPSA) is 98.8 Å². The van der Waals surface area contributed by atoms with Crippen molar-refractivity contribution in [3.8, 4) is 5.75 Å². The first-order chi connectivity index (χ1) is 11.4. The van der Waals surface area contributed by atoms with E-state index >= 15 is 0 Å². The predicted molar refractivity (Wildman–Crippen MR) is 92.1 cm³/mol. The van der Waals surface area contributed by atoms with Crippen LogP contribution in [0.25, 0.3) is 0 Å². The second-order valence-electron chi connectivity index (χ2n) is 5.28. The SMILES string of the molecule is COc1cccc(NC(=O)COC(=O)CS[C@H]2CCS(=O)(=O)C2)c1. The molecule has 0 bridgehead atoms. The average Bonchev–Trinajstić information content (AvgIpc) is 2.90. The molecular formula is C15H19NO6S2. The maximum atomic E-state index is 11.7. The molecule has 0 saturated carbocycles. The standard InChI is InChI=1S/C15H19NO6S2/c1-21-12-4-2-3-11(7-12)16-14(17)8-22-15(18)9-23-13-5-6-24(19,20)10-13/h2-4,7,13H,5-6,8-10H2,1H3,(H,16,17)/t13-/m0/s1. The molecule has 1 heterocycles. The number of sulfone groups is 1. The van der Waals surface area contributed by atoms with Crippen molar-refractivity contribution in [2.45, 2.75) is 11.7 Å². The molecule has 0 spiro atoms. The van der Waals surface area contributed by atoms with Gasteiger partial charge in [-0.2, -0.15) is 0 Å². The maximum Gasteiger partial charge on any atom is 0.316 e. The number of carbonyl (C=O) groups is 2. The van der Waals surface area contributed by atoms with E-state index in [0.29, 0.717) is 17.9 Å². The average molecular weight is 373 g/mol. The Kier molecular flexibility index (Phi) is 6.50. The molecular weight excluding hydrogens is 354 g/mol. The zero-order valence-electron chi connectivity index (χ0n) is 13.2. The van der Waals surface area contributed by atoms with Crippen LogP contribution in [0, 0.1) is 0 Å². The molecule has 0 aliphatic carbocycles. The van der Waals surface area contributed by atoms with Gasteiger partial charge in [0.1, 0.15) is 5.75 Å². The Morgan fingerprint density at radius 1 is 1.38 bits per heavy atom. The number of ether oxygens (including phenoxy) is 2. The molecule has 0 aromatic heterocycles. The van der Waals surface area contributed by atoms with E-state index in [1.807, 2.05) is 0 Å². The van der Waals surface area contributed by atoms with E-state index in [2.05, 4.69) is 5.32 Å². The van der Waals surface area contributed by atoms with E-state index in [1.54, 1.807) is 24.3 Å². The van der Waals surface area contributed by atoms with Crippen molar-refractivity contribution in [2.24, 2.45) is 0 Å². The van der Waals surface area contributed by atoms with Gasteiger partial charge in [0.05, 0.1) is 24.4 Å². The number of amides is 1. The summed E-state index contributed by atoms with van der Waals surface area (Å²) in [6.07, 6.45) is 0.552. The fourth-order valence-corrected chi connectivity index (χ4v) is 5.60. The number of benzene rings is 1. The molecule has 7 nitrogen and oxygen atoms in total. The highest BCUT2D eigenvalue weighted by Gasteiger charge is 2.28.